The van der Waals surface area contributed by atoms with Crippen molar-refractivity contribution in [3.8, 4) is 5.75 Å². The van der Waals surface area contributed by atoms with E-state index in [-0.39, 0.29) is 28.8 Å². The first-order chi connectivity index (χ1) is 8.49. The lowest BCUT2D eigenvalue weighted by molar-refractivity contribution is -0.122. The summed E-state index contributed by atoms with van der Waals surface area (Å²) in [7, 11) is 0. The molecule has 0 radical (unpaired) electrons. The van der Waals surface area contributed by atoms with Gasteiger partial charge in [-0.1, -0.05) is 0 Å². The molecule has 0 saturated heterocycles. The second-order valence-electron chi connectivity index (χ2n) is 4.35. The summed E-state index contributed by atoms with van der Waals surface area (Å²) >= 11 is 0. The molecular formula is C12H14N2O4. The van der Waals surface area contributed by atoms with Crippen LogP contribution in [0.5, 0.6) is 5.75 Å². The van der Waals surface area contributed by atoms with Crippen molar-refractivity contribution in [3.63, 3.8) is 0 Å². The molecule has 1 heterocycles. The molecule has 1 amide bonds. The quantitative estimate of drug-likeness (QED) is 0.616. The number of nitrogens with zero attached hydrogens (tertiary/aromatic N) is 1. The SMILES string of the molecule is CC(=NNC(=O)C1CC1)c1c(O)cc(C)oc1=O. The van der Waals surface area contributed by atoms with E-state index in [2.05, 4.69) is 10.5 Å². The van der Waals surface area contributed by atoms with Crippen LogP contribution in [0.2, 0.25) is 0 Å². The molecule has 0 aliphatic heterocycles. The highest BCUT2D eigenvalue weighted by Gasteiger charge is 2.29. The van der Waals surface area contributed by atoms with E-state index in [9.17, 15) is 14.7 Å². The van der Waals surface area contributed by atoms with E-state index in [1.165, 1.54) is 13.0 Å². The third-order valence-electron chi connectivity index (χ3n) is 2.70. The number of nitrogens with one attached hydrogen (secondary N) is 1. The number of carbonyl (C=O) groups is 1. The zero-order valence-corrected chi connectivity index (χ0v) is 10.2. The second-order valence-corrected chi connectivity index (χ2v) is 4.35. The van der Waals surface area contributed by atoms with Crippen molar-refractivity contribution in [1.82, 2.24) is 5.43 Å². The number of aromatic hydroxyl groups is 1. The third kappa shape index (κ3) is 2.58. The van der Waals surface area contributed by atoms with Crippen LogP contribution in [-0.2, 0) is 4.79 Å². The first kappa shape index (κ1) is 12.3. The van der Waals surface area contributed by atoms with Gasteiger partial charge in [0.25, 0.3) is 0 Å². The summed E-state index contributed by atoms with van der Waals surface area (Å²) in [5.41, 5.74) is 1.88. The lowest BCUT2D eigenvalue weighted by atomic mass is 10.2. The van der Waals surface area contributed by atoms with Gasteiger partial charge in [-0.15, -0.1) is 0 Å². The van der Waals surface area contributed by atoms with Crippen molar-refractivity contribution in [3.05, 3.63) is 27.8 Å². The second kappa shape index (κ2) is 4.64. The van der Waals surface area contributed by atoms with Crippen molar-refractivity contribution in [2.45, 2.75) is 26.7 Å². The number of aryl methyl sites for hydroxylation is 1. The summed E-state index contributed by atoms with van der Waals surface area (Å²) in [6.07, 6.45) is 1.75. The molecule has 0 bridgehead atoms. The van der Waals surface area contributed by atoms with Gasteiger partial charge in [-0.3, -0.25) is 4.79 Å². The lowest BCUT2D eigenvalue weighted by Gasteiger charge is -2.03. The Kier molecular flexibility index (Phi) is 3.18. The monoisotopic (exact) mass is 250 g/mol. The Labute approximate surface area is 103 Å². The maximum Gasteiger partial charge on any atom is 0.348 e. The summed E-state index contributed by atoms with van der Waals surface area (Å²) in [4.78, 5) is 23.0. The van der Waals surface area contributed by atoms with E-state index in [4.69, 9.17) is 4.42 Å². The lowest BCUT2D eigenvalue weighted by Crippen LogP contribution is -2.22. The Bertz CT molecular complexity index is 570. The molecule has 2 N–H and O–H groups in total. The van der Waals surface area contributed by atoms with Crippen molar-refractivity contribution in [1.29, 1.82) is 0 Å². The van der Waals surface area contributed by atoms with Crippen LogP contribution < -0.4 is 11.1 Å². The Morgan fingerprint density at radius 2 is 2.22 bits per heavy atom. The molecule has 6 nitrogen and oxygen atoms in total. The summed E-state index contributed by atoms with van der Waals surface area (Å²) in [6, 6.07) is 1.33. The van der Waals surface area contributed by atoms with Crippen molar-refractivity contribution in [2.24, 2.45) is 11.0 Å². The van der Waals surface area contributed by atoms with Crippen LogP contribution in [0, 0.1) is 12.8 Å². The molecule has 18 heavy (non-hydrogen) atoms. The molecular weight excluding hydrogens is 236 g/mol. The van der Waals surface area contributed by atoms with E-state index >= 15 is 0 Å². The van der Waals surface area contributed by atoms with Crippen LogP contribution in [0.3, 0.4) is 0 Å². The Morgan fingerprint density at radius 3 is 2.78 bits per heavy atom. The molecule has 0 aromatic carbocycles. The predicted molar refractivity (Wildman–Crippen MR) is 64.5 cm³/mol. The average molecular weight is 250 g/mol. The highest BCUT2D eigenvalue weighted by atomic mass is 16.4. The number of carbonyl (C=O) groups excluding carboxylic acids is 1. The topological polar surface area (TPSA) is 91.9 Å². The van der Waals surface area contributed by atoms with Gasteiger partial charge in [0.05, 0.1) is 5.71 Å². The minimum absolute atomic E-state index is 0.0308. The van der Waals surface area contributed by atoms with Crippen molar-refractivity contribution >= 4 is 11.6 Å². The molecule has 6 heteroatoms. The molecule has 2 rings (SSSR count). The van der Waals surface area contributed by atoms with Gasteiger partial charge >= 0.3 is 5.63 Å². The van der Waals surface area contributed by atoms with Gasteiger partial charge in [-0.05, 0) is 26.7 Å². The minimum Gasteiger partial charge on any atom is -0.507 e. The zero-order valence-electron chi connectivity index (χ0n) is 10.2. The fraction of sp³-hybridized carbons (Fsp3) is 0.417. The van der Waals surface area contributed by atoms with E-state index < -0.39 is 5.63 Å². The van der Waals surface area contributed by atoms with Crippen LogP contribution in [0.25, 0.3) is 0 Å². The summed E-state index contributed by atoms with van der Waals surface area (Å²) in [6.45, 7) is 3.08. The smallest absolute Gasteiger partial charge is 0.348 e. The van der Waals surface area contributed by atoms with Crippen molar-refractivity contribution in [2.75, 3.05) is 0 Å². The number of hydrazone groups is 1. The molecule has 96 valence electrons. The van der Waals surface area contributed by atoms with E-state index in [1.807, 2.05) is 0 Å². The van der Waals surface area contributed by atoms with Crippen LogP contribution in [0.15, 0.2) is 20.4 Å². The number of amides is 1. The largest absolute Gasteiger partial charge is 0.507 e. The zero-order chi connectivity index (χ0) is 13.3. The van der Waals surface area contributed by atoms with Gasteiger partial charge in [0.15, 0.2) is 0 Å². The van der Waals surface area contributed by atoms with Crippen LogP contribution in [0.4, 0.5) is 0 Å². The summed E-state index contributed by atoms with van der Waals surface area (Å²) in [5.74, 6) is -0.0170. The maximum absolute atomic E-state index is 11.6. The number of hydrogen-bond acceptors (Lipinski definition) is 5. The van der Waals surface area contributed by atoms with Crippen LogP contribution in [0.1, 0.15) is 31.1 Å². The van der Waals surface area contributed by atoms with Crippen LogP contribution >= 0.6 is 0 Å². The summed E-state index contributed by atoms with van der Waals surface area (Å²) in [5, 5.41) is 13.5. The number of hydrogen-bond donors (Lipinski definition) is 2. The fourth-order valence-corrected chi connectivity index (χ4v) is 1.56. The Morgan fingerprint density at radius 1 is 1.56 bits per heavy atom. The van der Waals surface area contributed by atoms with E-state index in [0.29, 0.717) is 5.76 Å². The van der Waals surface area contributed by atoms with Gasteiger partial charge in [-0.25, -0.2) is 10.2 Å². The van der Waals surface area contributed by atoms with Gasteiger partial charge in [0.1, 0.15) is 17.1 Å². The predicted octanol–water partition coefficient (Wildman–Crippen LogP) is 0.904. The van der Waals surface area contributed by atoms with Gasteiger partial charge in [0, 0.05) is 12.0 Å². The first-order valence-electron chi connectivity index (χ1n) is 5.67. The molecule has 1 aliphatic rings. The molecule has 1 aliphatic carbocycles. The standard InChI is InChI=1S/C12H14N2O4/c1-6-5-9(15)10(12(17)18-6)7(2)13-14-11(16)8-3-4-8/h5,8,15H,3-4H2,1-2H3,(H,14,16). The van der Waals surface area contributed by atoms with E-state index in [0.717, 1.165) is 12.8 Å². The van der Waals surface area contributed by atoms with E-state index in [1.54, 1.807) is 6.92 Å². The molecule has 0 atom stereocenters. The molecule has 1 aromatic rings. The normalized spacial score (nSPS) is 15.6. The van der Waals surface area contributed by atoms with Gasteiger partial charge in [0.2, 0.25) is 5.91 Å². The van der Waals surface area contributed by atoms with Gasteiger partial charge < -0.3 is 9.52 Å². The Balaban J connectivity index is 2.22. The van der Waals surface area contributed by atoms with Crippen LogP contribution in [-0.4, -0.2) is 16.7 Å². The summed E-state index contributed by atoms with van der Waals surface area (Å²) < 4.78 is 4.87. The minimum atomic E-state index is -0.672. The number of rotatable bonds is 3. The first-order valence-corrected chi connectivity index (χ1v) is 5.67. The molecule has 0 spiro atoms. The highest BCUT2D eigenvalue weighted by Crippen LogP contribution is 2.28. The third-order valence-corrected chi connectivity index (χ3v) is 2.70. The molecule has 1 fully saturated rings. The molecule has 1 saturated carbocycles. The molecule has 0 unspecified atom stereocenters. The van der Waals surface area contributed by atoms with Crippen molar-refractivity contribution < 1.29 is 14.3 Å². The Hall–Kier alpha value is -2.11. The average Bonchev–Trinajstić information content (AvgIpc) is 3.07. The fourth-order valence-electron chi connectivity index (χ4n) is 1.56. The molecule has 1 aromatic heterocycles. The maximum atomic E-state index is 11.6. The highest BCUT2D eigenvalue weighted by molar-refractivity contribution is 6.01. The van der Waals surface area contributed by atoms with Gasteiger partial charge in [-0.2, -0.15) is 5.10 Å².